The first kappa shape index (κ1) is 19.8. The summed E-state index contributed by atoms with van der Waals surface area (Å²) < 4.78 is 0. The number of benzene rings is 2. The zero-order chi connectivity index (χ0) is 20.9. The van der Waals surface area contributed by atoms with Gasteiger partial charge in [-0.25, -0.2) is 0 Å². The van der Waals surface area contributed by atoms with E-state index in [0.717, 1.165) is 26.1 Å². The molecule has 1 aliphatic heterocycles. The zero-order valence-electron chi connectivity index (χ0n) is 16.6. The smallest absolute Gasteiger partial charge is 0.257 e. The van der Waals surface area contributed by atoms with Crippen LogP contribution in [0, 0.1) is 0 Å². The molecule has 0 unspecified atom stereocenters. The van der Waals surface area contributed by atoms with Crippen LogP contribution in [0.5, 0.6) is 0 Å². The summed E-state index contributed by atoms with van der Waals surface area (Å²) in [4.78, 5) is 42.4. The Labute approximate surface area is 174 Å². The number of carbonyl (C=O) groups is 2. The Balaban J connectivity index is 1.27. The highest BCUT2D eigenvalue weighted by atomic mass is 16.2. The molecule has 1 aromatic heterocycles. The Hall–Kier alpha value is -3.45. The second-order valence-corrected chi connectivity index (χ2v) is 7.53. The van der Waals surface area contributed by atoms with Crippen molar-refractivity contribution in [2.24, 2.45) is 0 Å². The Morgan fingerprint density at radius 3 is 2.67 bits per heavy atom. The number of nitrogens with zero attached hydrogens (tertiary/aromatic N) is 1. The Morgan fingerprint density at radius 1 is 1.07 bits per heavy atom. The largest absolute Gasteiger partial charge is 0.360 e. The monoisotopic (exact) mass is 404 g/mol. The number of pyridine rings is 1. The summed E-state index contributed by atoms with van der Waals surface area (Å²) in [7, 11) is 0. The fourth-order valence-electron chi connectivity index (χ4n) is 3.81. The fraction of sp³-hybridized carbons (Fsp3) is 0.261. The summed E-state index contributed by atoms with van der Waals surface area (Å²) in [6.07, 6.45) is 2.26. The standard InChI is InChI=1S/C23H24N4O3/c28-21(26-17-10-11-27(15-17)14-16-6-2-1-3-7-16)13-25-23(30)19-12-24-20-9-5-4-8-18(20)22(19)29/h1-9,12,17H,10-11,13-15H2,(H,24,29)(H,25,30)(H,26,28)/t17-/m0/s1. The highest BCUT2D eigenvalue weighted by Gasteiger charge is 2.24. The topological polar surface area (TPSA) is 94.3 Å². The predicted molar refractivity (Wildman–Crippen MR) is 115 cm³/mol. The number of aromatic nitrogens is 1. The molecule has 1 saturated heterocycles. The molecule has 4 rings (SSSR count). The van der Waals surface area contributed by atoms with E-state index in [-0.39, 0.29) is 29.5 Å². The third-order valence-corrected chi connectivity index (χ3v) is 5.33. The van der Waals surface area contributed by atoms with Gasteiger partial charge in [-0.3, -0.25) is 19.3 Å². The number of hydrogen-bond donors (Lipinski definition) is 3. The number of amides is 2. The molecule has 1 aliphatic rings. The number of fused-ring (bicyclic) bond motifs is 1. The van der Waals surface area contributed by atoms with Gasteiger partial charge < -0.3 is 15.6 Å². The van der Waals surface area contributed by atoms with E-state index in [1.165, 1.54) is 11.8 Å². The van der Waals surface area contributed by atoms with Gasteiger partial charge in [0.15, 0.2) is 0 Å². The first-order valence-electron chi connectivity index (χ1n) is 10.0. The predicted octanol–water partition coefficient (Wildman–Crippen LogP) is 1.65. The second kappa shape index (κ2) is 8.92. The van der Waals surface area contributed by atoms with Gasteiger partial charge in [0.05, 0.1) is 6.54 Å². The number of hydrogen-bond acceptors (Lipinski definition) is 4. The summed E-state index contributed by atoms with van der Waals surface area (Å²) in [6.45, 7) is 2.38. The normalized spacial score (nSPS) is 16.5. The van der Waals surface area contributed by atoms with E-state index in [1.54, 1.807) is 18.2 Å². The second-order valence-electron chi connectivity index (χ2n) is 7.53. The summed E-state index contributed by atoms with van der Waals surface area (Å²) in [6, 6.07) is 17.3. The Kier molecular flexibility index (Phi) is 5.90. The molecule has 30 heavy (non-hydrogen) atoms. The molecule has 0 bridgehead atoms. The molecule has 154 valence electrons. The van der Waals surface area contributed by atoms with Crippen LogP contribution in [0.4, 0.5) is 0 Å². The Morgan fingerprint density at radius 2 is 1.83 bits per heavy atom. The lowest BCUT2D eigenvalue weighted by molar-refractivity contribution is -0.120. The van der Waals surface area contributed by atoms with Gasteiger partial charge >= 0.3 is 0 Å². The molecule has 2 amide bonds. The van der Waals surface area contributed by atoms with Crippen molar-refractivity contribution < 1.29 is 9.59 Å². The third-order valence-electron chi connectivity index (χ3n) is 5.33. The van der Waals surface area contributed by atoms with E-state index in [4.69, 9.17) is 0 Å². The quantitative estimate of drug-likeness (QED) is 0.582. The first-order chi connectivity index (χ1) is 14.6. The number of aromatic amines is 1. The van der Waals surface area contributed by atoms with Crippen LogP contribution in [-0.2, 0) is 11.3 Å². The van der Waals surface area contributed by atoms with Gasteiger partial charge in [-0.2, -0.15) is 0 Å². The molecule has 0 spiro atoms. The fourth-order valence-corrected chi connectivity index (χ4v) is 3.81. The van der Waals surface area contributed by atoms with Crippen molar-refractivity contribution >= 4 is 22.7 Å². The molecule has 7 heteroatoms. The van der Waals surface area contributed by atoms with Gasteiger partial charge in [0.1, 0.15) is 5.56 Å². The lowest BCUT2D eigenvalue weighted by atomic mass is 10.1. The average molecular weight is 404 g/mol. The first-order valence-corrected chi connectivity index (χ1v) is 10.0. The van der Waals surface area contributed by atoms with Crippen LogP contribution in [-0.4, -0.2) is 47.4 Å². The van der Waals surface area contributed by atoms with Crippen molar-refractivity contribution in [1.82, 2.24) is 20.5 Å². The minimum Gasteiger partial charge on any atom is -0.360 e. The van der Waals surface area contributed by atoms with E-state index in [1.807, 2.05) is 24.3 Å². The molecule has 0 saturated carbocycles. The molecule has 0 radical (unpaired) electrons. The van der Waals surface area contributed by atoms with Crippen LogP contribution < -0.4 is 16.1 Å². The average Bonchev–Trinajstić information content (AvgIpc) is 3.20. The molecule has 0 aliphatic carbocycles. The number of H-pyrrole nitrogens is 1. The number of nitrogens with one attached hydrogen (secondary N) is 3. The maximum atomic E-state index is 12.5. The highest BCUT2D eigenvalue weighted by molar-refractivity contribution is 5.98. The van der Waals surface area contributed by atoms with E-state index < -0.39 is 5.91 Å². The molecular formula is C23H24N4O3. The molecule has 2 heterocycles. The number of para-hydroxylation sites is 1. The van der Waals surface area contributed by atoms with Crippen molar-refractivity contribution in [3.8, 4) is 0 Å². The van der Waals surface area contributed by atoms with E-state index in [9.17, 15) is 14.4 Å². The maximum absolute atomic E-state index is 12.5. The Bertz CT molecular complexity index is 1110. The molecular weight excluding hydrogens is 380 g/mol. The molecule has 3 aromatic rings. The number of rotatable bonds is 6. The van der Waals surface area contributed by atoms with Gasteiger partial charge in [0, 0.05) is 42.8 Å². The summed E-state index contributed by atoms with van der Waals surface area (Å²) >= 11 is 0. The molecule has 3 N–H and O–H groups in total. The summed E-state index contributed by atoms with van der Waals surface area (Å²) in [5.74, 6) is -0.818. The van der Waals surface area contributed by atoms with Crippen LogP contribution in [0.15, 0.2) is 65.6 Å². The van der Waals surface area contributed by atoms with E-state index in [0.29, 0.717) is 10.9 Å². The van der Waals surface area contributed by atoms with Gasteiger partial charge in [-0.1, -0.05) is 42.5 Å². The SMILES string of the molecule is O=C(CNC(=O)c1c[nH]c2ccccc2c1=O)N[C@H]1CCN(Cc2ccccc2)C1. The van der Waals surface area contributed by atoms with Gasteiger partial charge in [-0.15, -0.1) is 0 Å². The van der Waals surface area contributed by atoms with Crippen LogP contribution in [0.1, 0.15) is 22.3 Å². The van der Waals surface area contributed by atoms with Crippen molar-refractivity contribution in [3.63, 3.8) is 0 Å². The highest BCUT2D eigenvalue weighted by Crippen LogP contribution is 2.13. The molecule has 2 aromatic carbocycles. The van der Waals surface area contributed by atoms with Crippen LogP contribution in [0.25, 0.3) is 10.9 Å². The molecule has 1 atom stereocenters. The lowest BCUT2D eigenvalue weighted by Gasteiger charge is -2.17. The van der Waals surface area contributed by atoms with Gasteiger partial charge in [0.2, 0.25) is 11.3 Å². The minimum atomic E-state index is -0.561. The van der Waals surface area contributed by atoms with Crippen molar-refractivity contribution in [2.75, 3.05) is 19.6 Å². The molecule has 7 nitrogen and oxygen atoms in total. The van der Waals surface area contributed by atoms with Gasteiger partial charge in [-0.05, 0) is 24.1 Å². The van der Waals surface area contributed by atoms with Crippen molar-refractivity contribution in [1.29, 1.82) is 0 Å². The summed E-state index contributed by atoms with van der Waals surface area (Å²) in [5.41, 5.74) is 1.56. The van der Waals surface area contributed by atoms with Gasteiger partial charge in [0.25, 0.3) is 5.91 Å². The minimum absolute atomic E-state index is 0.00333. The summed E-state index contributed by atoms with van der Waals surface area (Å²) in [5, 5.41) is 5.95. The lowest BCUT2D eigenvalue weighted by Crippen LogP contribution is -2.43. The van der Waals surface area contributed by atoms with Crippen molar-refractivity contribution in [2.45, 2.75) is 19.0 Å². The zero-order valence-corrected chi connectivity index (χ0v) is 16.6. The maximum Gasteiger partial charge on any atom is 0.257 e. The van der Waals surface area contributed by atoms with Crippen LogP contribution in [0.3, 0.4) is 0 Å². The van der Waals surface area contributed by atoms with E-state index >= 15 is 0 Å². The van der Waals surface area contributed by atoms with Crippen LogP contribution in [0.2, 0.25) is 0 Å². The van der Waals surface area contributed by atoms with Crippen LogP contribution >= 0.6 is 0 Å². The van der Waals surface area contributed by atoms with E-state index in [2.05, 4.69) is 32.7 Å². The third kappa shape index (κ3) is 4.58. The molecule has 1 fully saturated rings. The van der Waals surface area contributed by atoms with Crippen molar-refractivity contribution in [3.05, 3.63) is 82.1 Å². The number of likely N-dealkylation sites (tertiary alicyclic amines) is 1. The number of carbonyl (C=O) groups excluding carboxylic acids is 2.